The van der Waals surface area contributed by atoms with Crippen molar-refractivity contribution >= 4 is 12.2 Å². The fourth-order valence-electron chi connectivity index (χ4n) is 1.77. The molecule has 0 aromatic heterocycles. The molecule has 0 unspecified atom stereocenters. The molecule has 0 saturated heterocycles. The molecule has 1 amide bonds. The third-order valence-corrected chi connectivity index (χ3v) is 2.56. The van der Waals surface area contributed by atoms with Crippen LogP contribution in [0.15, 0.2) is 18.2 Å². The zero-order chi connectivity index (χ0) is 11.7. The SMILES string of the molecule is Cc1cc2c(c(OC(=O)N(C)C)c1)C=CC2. The maximum atomic E-state index is 11.5. The minimum Gasteiger partial charge on any atom is -0.410 e. The number of carbonyl (C=O) groups excluding carboxylic acids is 1. The standard InChI is InChI=1S/C13H15NO2/c1-9-7-10-5-4-6-11(10)12(8-9)16-13(15)14(2)3/h4,6-8H,5H2,1-3H3. The predicted molar refractivity (Wildman–Crippen MR) is 63.6 cm³/mol. The first-order valence-electron chi connectivity index (χ1n) is 5.27. The summed E-state index contributed by atoms with van der Waals surface area (Å²) >= 11 is 0. The van der Waals surface area contributed by atoms with Crippen molar-refractivity contribution in [1.82, 2.24) is 4.90 Å². The van der Waals surface area contributed by atoms with Crippen molar-refractivity contribution < 1.29 is 9.53 Å². The second-order valence-electron chi connectivity index (χ2n) is 4.20. The highest BCUT2D eigenvalue weighted by molar-refractivity contribution is 5.74. The molecule has 84 valence electrons. The average molecular weight is 217 g/mol. The van der Waals surface area contributed by atoms with E-state index in [9.17, 15) is 4.79 Å². The lowest BCUT2D eigenvalue weighted by Crippen LogP contribution is -2.25. The van der Waals surface area contributed by atoms with Gasteiger partial charge in [-0.15, -0.1) is 0 Å². The van der Waals surface area contributed by atoms with E-state index < -0.39 is 0 Å². The number of ether oxygens (including phenoxy) is 1. The highest BCUT2D eigenvalue weighted by Gasteiger charge is 2.15. The number of amides is 1. The normalized spacial score (nSPS) is 12.4. The van der Waals surface area contributed by atoms with Gasteiger partial charge < -0.3 is 9.64 Å². The summed E-state index contributed by atoms with van der Waals surface area (Å²) in [6, 6.07) is 4.03. The molecule has 0 aliphatic heterocycles. The number of fused-ring (bicyclic) bond motifs is 1. The van der Waals surface area contributed by atoms with Crippen LogP contribution in [0.25, 0.3) is 6.08 Å². The molecular formula is C13H15NO2. The Hall–Kier alpha value is -1.77. The van der Waals surface area contributed by atoms with Crippen LogP contribution >= 0.6 is 0 Å². The number of carbonyl (C=O) groups is 1. The Balaban J connectivity index is 2.34. The van der Waals surface area contributed by atoms with Crippen LogP contribution in [0.4, 0.5) is 4.79 Å². The van der Waals surface area contributed by atoms with Gasteiger partial charge in [-0.25, -0.2) is 4.79 Å². The Labute approximate surface area is 95.3 Å². The van der Waals surface area contributed by atoms with Gasteiger partial charge in [-0.1, -0.05) is 18.2 Å². The molecule has 16 heavy (non-hydrogen) atoms. The molecule has 3 heteroatoms. The number of hydrogen-bond acceptors (Lipinski definition) is 2. The van der Waals surface area contributed by atoms with E-state index in [2.05, 4.69) is 12.1 Å². The van der Waals surface area contributed by atoms with Gasteiger partial charge >= 0.3 is 6.09 Å². The topological polar surface area (TPSA) is 29.5 Å². The summed E-state index contributed by atoms with van der Waals surface area (Å²) in [5.74, 6) is 0.655. The van der Waals surface area contributed by atoms with Gasteiger partial charge in [-0.3, -0.25) is 0 Å². The number of aryl methyl sites for hydroxylation is 1. The van der Waals surface area contributed by atoms with Crippen LogP contribution < -0.4 is 4.74 Å². The van der Waals surface area contributed by atoms with E-state index >= 15 is 0 Å². The molecule has 1 aromatic rings. The van der Waals surface area contributed by atoms with Gasteiger partial charge in [0.05, 0.1) is 0 Å². The first-order chi connectivity index (χ1) is 7.58. The highest BCUT2D eigenvalue weighted by Crippen LogP contribution is 2.30. The lowest BCUT2D eigenvalue weighted by Gasteiger charge is -2.13. The summed E-state index contributed by atoms with van der Waals surface area (Å²) in [5, 5.41) is 0. The number of benzene rings is 1. The Morgan fingerprint density at radius 3 is 2.81 bits per heavy atom. The summed E-state index contributed by atoms with van der Waals surface area (Å²) in [4.78, 5) is 12.9. The number of rotatable bonds is 1. The van der Waals surface area contributed by atoms with Gasteiger partial charge in [-0.05, 0) is 30.5 Å². The van der Waals surface area contributed by atoms with Gasteiger partial charge in [-0.2, -0.15) is 0 Å². The van der Waals surface area contributed by atoms with Crippen LogP contribution in [0.1, 0.15) is 16.7 Å². The third kappa shape index (κ3) is 1.94. The quantitative estimate of drug-likeness (QED) is 0.723. The number of nitrogens with zero attached hydrogens (tertiary/aromatic N) is 1. The summed E-state index contributed by atoms with van der Waals surface area (Å²) in [7, 11) is 3.35. The van der Waals surface area contributed by atoms with Gasteiger partial charge in [0.2, 0.25) is 0 Å². The van der Waals surface area contributed by atoms with E-state index in [1.807, 2.05) is 19.1 Å². The molecule has 0 radical (unpaired) electrons. The monoisotopic (exact) mass is 217 g/mol. The van der Waals surface area contributed by atoms with Gasteiger partial charge in [0.15, 0.2) is 0 Å². The predicted octanol–water partition coefficient (Wildman–Crippen LogP) is 2.62. The van der Waals surface area contributed by atoms with Crippen molar-refractivity contribution in [1.29, 1.82) is 0 Å². The molecule has 0 fully saturated rings. The van der Waals surface area contributed by atoms with Gasteiger partial charge in [0.25, 0.3) is 0 Å². The minimum atomic E-state index is -0.340. The van der Waals surface area contributed by atoms with E-state index in [-0.39, 0.29) is 6.09 Å². The lowest BCUT2D eigenvalue weighted by atomic mass is 10.1. The van der Waals surface area contributed by atoms with E-state index in [1.54, 1.807) is 14.1 Å². The fraction of sp³-hybridized carbons (Fsp3) is 0.308. The molecule has 0 heterocycles. The minimum absolute atomic E-state index is 0.340. The smallest absolute Gasteiger partial charge is 0.410 e. The van der Waals surface area contributed by atoms with Crippen LogP contribution in [-0.4, -0.2) is 25.1 Å². The van der Waals surface area contributed by atoms with Crippen molar-refractivity contribution in [2.45, 2.75) is 13.3 Å². The molecule has 3 nitrogen and oxygen atoms in total. The van der Waals surface area contributed by atoms with Crippen molar-refractivity contribution in [3.05, 3.63) is 34.9 Å². The van der Waals surface area contributed by atoms with Crippen LogP contribution in [0.3, 0.4) is 0 Å². The van der Waals surface area contributed by atoms with Crippen molar-refractivity contribution in [2.75, 3.05) is 14.1 Å². The fourth-order valence-corrected chi connectivity index (χ4v) is 1.77. The molecule has 0 saturated carbocycles. The first-order valence-corrected chi connectivity index (χ1v) is 5.27. The second kappa shape index (κ2) is 4.00. The summed E-state index contributed by atoms with van der Waals surface area (Å²) in [6.45, 7) is 2.01. The molecular weight excluding hydrogens is 202 g/mol. The first kappa shape index (κ1) is 10.7. The molecule has 1 aliphatic rings. The molecule has 0 spiro atoms. The summed E-state index contributed by atoms with van der Waals surface area (Å²) < 4.78 is 5.34. The molecule has 1 aliphatic carbocycles. The zero-order valence-corrected chi connectivity index (χ0v) is 9.78. The van der Waals surface area contributed by atoms with Gasteiger partial charge in [0, 0.05) is 19.7 Å². The van der Waals surface area contributed by atoms with Crippen molar-refractivity contribution in [2.24, 2.45) is 0 Å². The number of allylic oxidation sites excluding steroid dienone is 1. The Bertz CT molecular complexity index is 461. The zero-order valence-electron chi connectivity index (χ0n) is 9.78. The van der Waals surface area contributed by atoms with Crippen molar-refractivity contribution in [3.8, 4) is 5.75 Å². The summed E-state index contributed by atoms with van der Waals surface area (Å²) in [5.41, 5.74) is 3.37. The number of hydrogen-bond donors (Lipinski definition) is 0. The van der Waals surface area contributed by atoms with E-state index in [1.165, 1.54) is 10.5 Å². The maximum Gasteiger partial charge on any atom is 0.414 e. The van der Waals surface area contributed by atoms with Crippen molar-refractivity contribution in [3.63, 3.8) is 0 Å². The van der Waals surface area contributed by atoms with E-state index in [0.29, 0.717) is 5.75 Å². The Kier molecular flexibility index (Phi) is 2.69. The van der Waals surface area contributed by atoms with E-state index in [0.717, 1.165) is 17.5 Å². The largest absolute Gasteiger partial charge is 0.414 e. The van der Waals surface area contributed by atoms with E-state index in [4.69, 9.17) is 4.74 Å². The highest BCUT2D eigenvalue weighted by atomic mass is 16.6. The van der Waals surface area contributed by atoms with Crippen LogP contribution in [0.5, 0.6) is 5.75 Å². The van der Waals surface area contributed by atoms with Gasteiger partial charge in [0.1, 0.15) is 5.75 Å². The summed E-state index contributed by atoms with van der Waals surface area (Å²) in [6.07, 6.45) is 4.67. The Morgan fingerprint density at radius 1 is 1.38 bits per heavy atom. The average Bonchev–Trinajstić information content (AvgIpc) is 2.65. The lowest BCUT2D eigenvalue weighted by molar-refractivity contribution is 0.172. The maximum absolute atomic E-state index is 11.5. The molecule has 0 N–H and O–H groups in total. The third-order valence-electron chi connectivity index (χ3n) is 2.56. The van der Waals surface area contributed by atoms with Crippen LogP contribution in [0, 0.1) is 6.92 Å². The molecule has 2 rings (SSSR count). The molecule has 0 atom stereocenters. The van der Waals surface area contributed by atoms with Crippen LogP contribution in [0.2, 0.25) is 0 Å². The molecule has 0 bridgehead atoms. The molecule has 1 aromatic carbocycles. The Morgan fingerprint density at radius 2 is 2.12 bits per heavy atom. The van der Waals surface area contributed by atoms with Crippen LogP contribution in [-0.2, 0) is 6.42 Å². The second-order valence-corrected chi connectivity index (χ2v) is 4.20.